The van der Waals surface area contributed by atoms with Crippen LogP contribution in [0.5, 0.6) is 0 Å². The number of amides is 1. The van der Waals surface area contributed by atoms with Gasteiger partial charge in [-0.3, -0.25) is 4.79 Å². The molecule has 0 fully saturated rings. The van der Waals surface area contributed by atoms with Gasteiger partial charge >= 0.3 is 0 Å². The van der Waals surface area contributed by atoms with Gasteiger partial charge in [-0.1, -0.05) is 6.07 Å². The monoisotopic (exact) mass is 338 g/mol. The van der Waals surface area contributed by atoms with Crippen LogP contribution in [0.2, 0.25) is 0 Å². The number of hydrogen-bond acceptors (Lipinski definition) is 5. The van der Waals surface area contributed by atoms with E-state index >= 15 is 0 Å². The van der Waals surface area contributed by atoms with Crippen molar-refractivity contribution in [3.8, 4) is 0 Å². The Morgan fingerprint density at radius 1 is 1.25 bits per heavy atom. The fourth-order valence-corrected chi connectivity index (χ4v) is 4.39. The minimum absolute atomic E-state index is 0.0836. The summed E-state index contributed by atoms with van der Waals surface area (Å²) in [7, 11) is 0. The Morgan fingerprint density at radius 3 is 2.88 bits per heavy atom. The van der Waals surface area contributed by atoms with Crippen LogP contribution in [0.4, 0.5) is 5.82 Å². The number of carbonyl (C=O) groups excluding carboxylic acids is 1. The first-order chi connectivity index (χ1) is 11.5. The Kier molecular flexibility index (Phi) is 3.49. The maximum atomic E-state index is 12.8. The molecule has 1 aliphatic rings. The summed E-state index contributed by atoms with van der Waals surface area (Å²) >= 11 is 1.61. The molecule has 0 atom stereocenters. The largest absolute Gasteiger partial charge is 0.383 e. The average molecular weight is 338 g/mol. The van der Waals surface area contributed by atoms with E-state index in [-0.39, 0.29) is 5.91 Å². The topological polar surface area (TPSA) is 72.1 Å². The fraction of sp³-hybridized carbons (Fsp3) is 0.278. The average Bonchev–Trinajstić information content (AvgIpc) is 2.95. The van der Waals surface area contributed by atoms with Gasteiger partial charge in [0.25, 0.3) is 5.91 Å². The Morgan fingerprint density at radius 2 is 2.08 bits per heavy atom. The fourth-order valence-electron chi connectivity index (χ4n) is 3.18. The lowest BCUT2D eigenvalue weighted by molar-refractivity contribution is 0.0737. The van der Waals surface area contributed by atoms with E-state index in [1.54, 1.807) is 11.3 Å². The van der Waals surface area contributed by atoms with Crippen LogP contribution in [0.3, 0.4) is 0 Å². The summed E-state index contributed by atoms with van der Waals surface area (Å²) in [6.07, 6.45) is 2.29. The maximum absolute atomic E-state index is 12.8. The van der Waals surface area contributed by atoms with Crippen LogP contribution in [0.15, 0.2) is 24.5 Å². The Hall–Kier alpha value is -2.47. The lowest BCUT2D eigenvalue weighted by Crippen LogP contribution is -2.35. The van der Waals surface area contributed by atoms with Gasteiger partial charge in [0.15, 0.2) is 0 Å². The van der Waals surface area contributed by atoms with Crippen LogP contribution < -0.4 is 5.73 Å². The van der Waals surface area contributed by atoms with Crippen molar-refractivity contribution in [2.45, 2.75) is 26.8 Å². The summed E-state index contributed by atoms with van der Waals surface area (Å²) in [6, 6.07) is 5.89. The number of aromatic nitrogens is 2. The second kappa shape index (κ2) is 5.56. The van der Waals surface area contributed by atoms with E-state index in [1.165, 1.54) is 22.3 Å². The van der Waals surface area contributed by atoms with Gasteiger partial charge in [-0.2, -0.15) is 0 Å². The number of rotatable bonds is 1. The molecule has 1 aromatic carbocycles. The van der Waals surface area contributed by atoms with Crippen molar-refractivity contribution in [2.75, 3.05) is 12.3 Å². The molecule has 0 saturated heterocycles. The number of fused-ring (bicyclic) bond motifs is 3. The molecule has 5 nitrogen and oxygen atoms in total. The Balaban J connectivity index is 1.66. The number of thiophene rings is 1. The van der Waals surface area contributed by atoms with Crippen LogP contribution >= 0.6 is 11.3 Å². The summed E-state index contributed by atoms with van der Waals surface area (Å²) in [4.78, 5) is 25.2. The molecule has 0 radical (unpaired) electrons. The van der Waals surface area contributed by atoms with Crippen LogP contribution in [-0.4, -0.2) is 27.3 Å². The number of nitrogen functional groups attached to an aromatic ring is 1. The summed E-state index contributed by atoms with van der Waals surface area (Å²) in [5.74, 6) is 0.617. The Bertz CT molecular complexity index is 963. The first kappa shape index (κ1) is 15.1. The minimum atomic E-state index is 0.0836. The second-order valence-electron chi connectivity index (χ2n) is 6.22. The molecule has 2 N–H and O–H groups in total. The quantitative estimate of drug-likeness (QED) is 0.740. The highest BCUT2D eigenvalue weighted by Crippen LogP contribution is 2.36. The van der Waals surface area contributed by atoms with E-state index in [4.69, 9.17) is 5.73 Å². The predicted octanol–water partition coefficient (Wildman–Crippen LogP) is 3.09. The second-order valence-corrected chi connectivity index (χ2v) is 7.30. The molecule has 0 saturated carbocycles. The van der Waals surface area contributed by atoms with Gasteiger partial charge in [0.05, 0.1) is 11.9 Å². The van der Waals surface area contributed by atoms with Crippen LogP contribution in [-0.2, 0) is 13.0 Å². The lowest BCUT2D eigenvalue weighted by atomic mass is 10.0. The van der Waals surface area contributed by atoms with E-state index in [1.807, 2.05) is 30.0 Å². The standard InChI is InChI=1S/C18H18N4OS/c1-10-3-4-12(7-11(10)2)18(23)22-6-5-13-14(8-22)24-17-15(13)16(19)20-9-21-17/h3-4,7,9H,5-6,8H2,1-2H3,(H2,19,20,21). The van der Waals surface area contributed by atoms with Gasteiger partial charge in [-0.25, -0.2) is 9.97 Å². The van der Waals surface area contributed by atoms with Crippen molar-refractivity contribution in [3.63, 3.8) is 0 Å². The highest BCUT2D eigenvalue weighted by molar-refractivity contribution is 7.19. The first-order valence-electron chi connectivity index (χ1n) is 7.92. The third kappa shape index (κ3) is 2.34. The molecule has 24 heavy (non-hydrogen) atoms. The van der Waals surface area contributed by atoms with E-state index in [0.717, 1.165) is 27.8 Å². The summed E-state index contributed by atoms with van der Waals surface area (Å²) < 4.78 is 0. The molecule has 6 heteroatoms. The van der Waals surface area contributed by atoms with Gasteiger partial charge in [-0.15, -0.1) is 11.3 Å². The highest BCUT2D eigenvalue weighted by Gasteiger charge is 2.26. The molecular formula is C18H18N4OS. The molecule has 122 valence electrons. The smallest absolute Gasteiger partial charge is 0.254 e. The van der Waals surface area contributed by atoms with Crippen LogP contribution in [0, 0.1) is 13.8 Å². The normalized spacial score (nSPS) is 14.0. The molecule has 1 aliphatic heterocycles. The number of carbonyl (C=O) groups is 1. The van der Waals surface area contributed by atoms with Crippen molar-refractivity contribution in [1.82, 2.24) is 14.9 Å². The first-order valence-corrected chi connectivity index (χ1v) is 8.73. The van der Waals surface area contributed by atoms with Crippen LogP contribution in [0.25, 0.3) is 10.2 Å². The molecule has 0 bridgehead atoms. The van der Waals surface area contributed by atoms with Crippen LogP contribution in [0.1, 0.15) is 31.9 Å². The Labute approximate surface area is 144 Å². The van der Waals surface area contributed by atoms with E-state index in [0.29, 0.717) is 18.9 Å². The molecule has 2 aromatic heterocycles. The zero-order valence-corrected chi connectivity index (χ0v) is 14.5. The third-order valence-electron chi connectivity index (χ3n) is 4.71. The third-order valence-corrected chi connectivity index (χ3v) is 5.83. The van der Waals surface area contributed by atoms with Gasteiger partial charge in [-0.05, 0) is 49.1 Å². The number of hydrogen-bond donors (Lipinski definition) is 1. The summed E-state index contributed by atoms with van der Waals surface area (Å²) in [5.41, 5.74) is 10.3. The minimum Gasteiger partial charge on any atom is -0.383 e. The van der Waals surface area contributed by atoms with E-state index in [2.05, 4.69) is 16.9 Å². The number of aryl methyl sites for hydroxylation is 2. The summed E-state index contributed by atoms with van der Waals surface area (Å²) in [6.45, 7) is 5.40. The van der Waals surface area contributed by atoms with Crippen molar-refractivity contribution in [3.05, 3.63) is 51.7 Å². The number of anilines is 1. The van der Waals surface area contributed by atoms with Crippen molar-refractivity contribution < 1.29 is 4.79 Å². The van der Waals surface area contributed by atoms with Gasteiger partial charge in [0.2, 0.25) is 0 Å². The number of benzene rings is 1. The molecule has 3 aromatic rings. The summed E-state index contributed by atoms with van der Waals surface area (Å²) in [5, 5.41) is 0.968. The van der Waals surface area contributed by atoms with Crippen molar-refractivity contribution >= 4 is 33.3 Å². The number of nitrogens with zero attached hydrogens (tertiary/aromatic N) is 3. The molecule has 1 amide bonds. The van der Waals surface area contributed by atoms with Gasteiger partial charge < -0.3 is 10.6 Å². The molecule has 3 heterocycles. The lowest BCUT2D eigenvalue weighted by Gasteiger charge is -2.27. The van der Waals surface area contributed by atoms with Gasteiger partial charge in [0, 0.05) is 17.0 Å². The van der Waals surface area contributed by atoms with Gasteiger partial charge in [0.1, 0.15) is 17.0 Å². The predicted molar refractivity (Wildman–Crippen MR) is 96.2 cm³/mol. The molecule has 4 rings (SSSR count). The van der Waals surface area contributed by atoms with Crippen molar-refractivity contribution in [2.24, 2.45) is 0 Å². The maximum Gasteiger partial charge on any atom is 0.254 e. The SMILES string of the molecule is Cc1ccc(C(=O)N2CCc3c(sc4ncnc(N)c34)C2)cc1C. The zero-order chi connectivity index (χ0) is 16.8. The molecule has 0 unspecified atom stereocenters. The number of nitrogens with two attached hydrogens (primary N) is 1. The van der Waals surface area contributed by atoms with E-state index in [9.17, 15) is 4.79 Å². The molecular weight excluding hydrogens is 320 g/mol. The molecule has 0 aliphatic carbocycles. The molecule has 0 spiro atoms. The van der Waals surface area contributed by atoms with E-state index < -0.39 is 0 Å². The zero-order valence-electron chi connectivity index (χ0n) is 13.7. The highest BCUT2D eigenvalue weighted by atomic mass is 32.1. The van der Waals surface area contributed by atoms with Crippen molar-refractivity contribution in [1.29, 1.82) is 0 Å².